The van der Waals surface area contributed by atoms with E-state index in [1.54, 1.807) is 24.7 Å². The van der Waals surface area contributed by atoms with E-state index >= 15 is 0 Å². The lowest BCUT2D eigenvalue weighted by atomic mass is 10.0. The molecule has 0 aliphatic carbocycles. The van der Waals surface area contributed by atoms with Gasteiger partial charge in [-0.25, -0.2) is 14.5 Å². The van der Waals surface area contributed by atoms with Crippen molar-refractivity contribution >= 4 is 23.5 Å². The number of rotatable bonds is 3. The third-order valence-corrected chi connectivity index (χ3v) is 6.59. The number of hydrogen-bond donors (Lipinski definition) is 2. The van der Waals surface area contributed by atoms with Gasteiger partial charge in [-0.3, -0.25) is 14.4 Å². The fourth-order valence-corrected chi connectivity index (χ4v) is 4.68. The van der Waals surface area contributed by atoms with Crippen LogP contribution in [0.15, 0.2) is 55.1 Å². The molecule has 0 saturated carbocycles. The number of nitrogens with zero attached hydrogens (tertiary/aromatic N) is 7. The van der Waals surface area contributed by atoms with Gasteiger partial charge in [0.25, 0.3) is 11.7 Å². The molecule has 3 amide bonds. The second kappa shape index (κ2) is 12.6. The highest BCUT2D eigenvalue weighted by atomic mass is 16.5. The van der Waals surface area contributed by atoms with Crippen LogP contribution in [0.25, 0.3) is 17.2 Å². The van der Waals surface area contributed by atoms with Crippen molar-refractivity contribution in [2.75, 3.05) is 26.2 Å². The Kier molecular flexibility index (Phi) is 8.51. The highest BCUT2D eigenvalue weighted by Gasteiger charge is 2.27. The summed E-state index contributed by atoms with van der Waals surface area (Å²) < 4.78 is 9.35. The molecule has 0 radical (unpaired) electrons. The minimum atomic E-state index is -0.752. The zero-order chi connectivity index (χ0) is 28.8. The van der Waals surface area contributed by atoms with Gasteiger partial charge in [-0.15, -0.1) is 5.10 Å². The Morgan fingerprint density at radius 2 is 2.00 bits per heavy atom. The molecule has 4 heterocycles. The first-order chi connectivity index (χ1) is 19.9. The average molecular weight is 560 g/mol. The van der Waals surface area contributed by atoms with Crippen molar-refractivity contribution in [1.82, 2.24) is 44.7 Å². The van der Waals surface area contributed by atoms with E-state index < -0.39 is 17.9 Å². The van der Waals surface area contributed by atoms with Crippen LogP contribution in [0.1, 0.15) is 37.3 Å². The number of carbonyl (C=O) groups excluding carboxylic acids is 3. The van der Waals surface area contributed by atoms with Gasteiger partial charge < -0.3 is 24.8 Å². The lowest BCUT2D eigenvalue weighted by Gasteiger charge is -2.24. The number of carbonyl (C=O) groups is 3. The minimum Gasteiger partial charge on any atom is -0.494 e. The molecule has 2 bridgehead atoms. The molecule has 0 saturated heterocycles. The van der Waals surface area contributed by atoms with Gasteiger partial charge in [-0.05, 0) is 37.0 Å². The van der Waals surface area contributed by atoms with Gasteiger partial charge >= 0.3 is 0 Å². The standard InChI is InChI=1S/C28H33N9O4/c1-19(2)16-22-26(39)30-10-14-35-13-9-29-25(35)20-6-3-7-21(17-20)41-15-5-11-36(18-23(38)32-22)27(40)24-33-28-31-8-4-12-37(28)34-24/h3-4,6-9,12-13,17,19,22H,5,10-11,14-16,18H2,1-2H3,(H,30,39)(H,32,38)/t22-/m1/s1. The predicted molar refractivity (Wildman–Crippen MR) is 149 cm³/mol. The van der Waals surface area contributed by atoms with Crippen LogP contribution in [0.5, 0.6) is 5.75 Å². The number of hydrogen-bond acceptors (Lipinski definition) is 8. The van der Waals surface area contributed by atoms with Gasteiger partial charge in [0.1, 0.15) is 17.6 Å². The van der Waals surface area contributed by atoms with Crippen LogP contribution in [-0.4, -0.2) is 84.0 Å². The summed E-state index contributed by atoms with van der Waals surface area (Å²) >= 11 is 0. The molecule has 214 valence electrons. The summed E-state index contributed by atoms with van der Waals surface area (Å²) in [6, 6.07) is 8.53. The molecule has 13 heteroatoms. The quantitative estimate of drug-likeness (QED) is 0.384. The Labute approximate surface area is 236 Å². The van der Waals surface area contributed by atoms with Crippen LogP contribution in [0.4, 0.5) is 0 Å². The molecule has 0 spiro atoms. The van der Waals surface area contributed by atoms with E-state index in [-0.39, 0.29) is 36.5 Å². The smallest absolute Gasteiger partial charge is 0.294 e. The van der Waals surface area contributed by atoms with Gasteiger partial charge in [0.05, 0.1) is 13.2 Å². The molecule has 3 aromatic heterocycles. The Balaban J connectivity index is 1.40. The summed E-state index contributed by atoms with van der Waals surface area (Å²) in [5.41, 5.74) is 0.883. The summed E-state index contributed by atoms with van der Waals surface area (Å²) in [5.74, 6) is 0.526. The van der Waals surface area contributed by atoms with Gasteiger partial charge in [-0.2, -0.15) is 4.98 Å². The third-order valence-electron chi connectivity index (χ3n) is 6.59. The van der Waals surface area contributed by atoms with Gasteiger partial charge in [0, 0.05) is 50.0 Å². The maximum Gasteiger partial charge on any atom is 0.294 e. The molecule has 0 unspecified atom stereocenters. The number of fused-ring (bicyclic) bond motifs is 5. The van der Waals surface area contributed by atoms with E-state index in [2.05, 4.69) is 30.7 Å². The van der Waals surface area contributed by atoms with Crippen molar-refractivity contribution in [2.24, 2.45) is 5.92 Å². The van der Waals surface area contributed by atoms with Crippen molar-refractivity contribution in [2.45, 2.75) is 39.3 Å². The molecule has 2 N–H and O–H groups in total. The largest absolute Gasteiger partial charge is 0.494 e. The number of ether oxygens (including phenoxy) is 1. The van der Waals surface area contributed by atoms with Crippen molar-refractivity contribution in [3.8, 4) is 17.1 Å². The molecule has 1 atom stereocenters. The molecule has 0 fully saturated rings. The van der Waals surface area contributed by atoms with Crippen LogP contribution >= 0.6 is 0 Å². The fourth-order valence-electron chi connectivity index (χ4n) is 4.68. The molecule has 1 aliphatic rings. The van der Waals surface area contributed by atoms with Gasteiger partial charge in [0.2, 0.25) is 17.6 Å². The van der Waals surface area contributed by atoms with Crippen molar-refractivity contribution < 1.29 is 19.1 Å². The highest BCUT2D eigenvalue weighted by Crippen LogP contribution is 2.23. The average Bonchev–Trinajstić information content (AvgIpc) is 3.60. The first kappa shape index (κ1) is 27.7. The highest BCUT2D eigenvalue weighted by molar-refractivity contribution is 5.95. The van der Waals surface area contributed by atoms with E-state index in [1.807, 2.05) is 48.9 Å². The van der Waals surface area contributed by atoms with E-state index in [1.165, 1.54) is 9.42 Å². The number of nitrogens with one attached hydrogen (secondary N) is 2. The SMILES string of the molecule is CC(C)C[C@H]1NC(=O)CN(C(=O)c2nc3ncccn3n2)CCCOc2cccc(c2)-c2nccn2CCNC1=O. The second-order valence-electron chi connectivity index (χ2n) is 10.2. The number of imidazole rings is 1. The van der Waals surface area contributed by atoms with Crippen molar-refractivity contribution in [1.29, 1.82) is 0 Å². The first-order valence-electron chi connectivity index (χ1n) is 13.7. The Bertz CT molecular complexity index is 1500. The zero-order valence-corrected chi connectivity index (χ0v) is 23.1. The zero-order valence-electron chi connectivity index (χ0n) is 23.1. The molecule has 1 aliphatic heterocycles. The Hall–Kier alpha value is -4.81. The second-order valence-corrected chi connectivity index (χ2v) is 10.2. The van der Waals surface area contributed by atoms with Crippen molar-refractivity contribution in [3.05, 3.63) is 60.9 Å². The summed E-state index contributed by atoms with van der Waals surface area (Å²) in [5, 5.41) is 9.99. The number of aromatic nitrogens is 6. The lowest BCUT2D eigenvalue weighted by molar-refractivity contribution is -0.129. The summed E-state index contributed by atoms with van der Waals surface area (Å²) in [6.07, 6.45) is 7.67. The number of amides is 3. The molecule has 4 aromatic rings. The monoisotopic (exact) mass is 559 g/mol. The normalized spacial score (nSPS) is 17.2. The fraction of sp³-hybridized carbons (Fsp3) is 0.393. The van der Waals surface area contributed by atoms with Crippen LogP contribution in [0.3, 0.4) is 0 Å². The maximum absolute atomic E-state index is 13.4. The van der Waals surface area contributed by atoms with E-state index in [0.717, 1.165) is 11.4 Å². The lowest BCUT2D eigenvalue weighted by Crippen LogP contribution is -2.51. The third kappa shape index (κ3) is 6.86. The van der Waals surface area contributed by atoms with Crippen LogP contribution in [0, 0.1) is 5.92 Å². The Morgan fingerprint density at radius 1 is 1.12 bits per heavy atom. The first-order valence-corrected chi connectivity index (χ1v) is 13.7. The summed E-state index contributed by atoms with van der Waals surface area (Å²) in [7, 11) is 0. The van der Waals surface area contributed by atoms with Gasteiger partial charge in [-0.1, -0.05) is 26.0 Å². The summed E-state index contributed by atoms with van der Waals surface area (Å²) in [4.78, 5) is 54.0. The molecular weight excluding hydrogens is 526 g/mol. The van der Waals surface area contributed by atoms with E-state index in [4.69, 9.17) is 4.74 Å². The molecule has 1 aromatic carbocycles. The number of benzene rings is 1. The molecular formula is C28H33N9O4. The van der Waals surface area contributed by atoms with E-state index in [0.29, 0.717) is 38.3 Å². The van der Waals surface area contributed by atoms with Crippen molar-refractivity contribution in [3.63, 3.8) is 0 Å². The van der Waals surface area contributed by atoms with Crippen LogP contribution in [-0.2, 0) is 16.1 Å². The molecule has 13 nitrogen and oxygen atoms in total. The summed E-state index contributed by atoms with van der Waals surface area (Å²) in [6.45, 7) is 5.06. The minimum absolute atomic E-state index is 0.0702. The topological polar surface area (TPSA) is 149 Å². The van der Waals surface area contributed by atoms with Gasteiger partial charge in [0.15, 0.2) is 0 Å². The van der Waals surface area contributed by atoms with Crippen LogP contribution in [0.2, 0.25) is 0 Å². The molecule has 5 rings (SSSR count). The van der Waals surface area contributed by atoms with E-state index in [9.17, 15) is 14.4 Å². The Morgan fingerprint density at radius 3 is 2.83 bits per heavy atom. The van der Waals surface area contributed by atoms with Crippen LogP contribution < -0.4 is 15.4 Å². The molecule has 41 heavy (non-hydrogen) atoms. The maximum atomic E-state index is 13.4. The predicted octanol–water partition coefficient (Wildman–Crippen LogP) is 1.56.